The average Bonchev–Trinajstić information content (AvgIpc) is 3.78. The molecule has 1 atom stereocenters. The maximum atomic E-state index is 14.3. The molecule has 0 unspecified atom stereocenters. The van der Waals surface area contributed by atoms with Gasteiger partial charge in [-0.15, -0.1) is 0 Å². The number of benzene rings is 3. The molecule has 0 aliphatic carbocycles. The first-order valence-corrected chi connectivity index (χ1v) is 14.7. The van der Waals surface area contributed by atoms with E-state index in [-0.39, 0.29) is 18.7 Å². The van der Waals surface area contributed by atoms with Gasteiger partial charge in [0.15, 0.2) is 11.5 Å². The molecule has 7 nitrogen and oxygen atoms in total. The first-order chi connectivity index (χ1) is 20.1. The van der Waals surface area contributed by atoms with Gasteiger partial charge in [-0.2, -0.15) is 0 Å². The van der Waals surface area contributed by atoms with Crippen molar-refractivity contribution in [1.29, 1.82) is 0 Å². The maximum absolute atomic E-state index is 14.3. The number of nitrogens with zero attached hydrogens (tertiary/aromatic N) is 3. The number of rotatable bonds is 7. The zero-order valence-electron chi connectivity index (χ0n) is 22.9. The number of carbonyl (C=O) groups excluding carboxylic acids is 1. The fourth-order valence-electron chi connectivity index (χ4n) is 6.16. The highest BCUT2D eigenvalue weighted by atomic mass is 35.5. The smallest absolute Gasteiger partial charge is 0.255 e. The van der Waals surface area contributed by atoms with Crippen LogP contribution in [-0.2, 0) is 6.61 Å². The van der Waals surface area contributed by atoms with Crippen LogP contribution in [0.25, 0.3) is 22.0 Å². The average molecular weight is 570 g/mol. The van der Waals surface area contributed by atoms with Gasteiger partial charge in [0, 0.05) is 35.6 Å². The van der Waals surface area contributed by atoms with Gasteiger partial charge >= 0.3 is 0 Å². The molecule has 0 bridgehead atoms. The summed E-state index contributed by atoms with van der Waals surface area (Å²) in [5, 5.41) is 1.49. The Morgan fingerprint density at radius 1 is 0.902 bits per heavy atom. The fourth-order valence-corrected chi connectivity index (χ4v) is 6.28. The Kier molecular flexibility index (Phi) is 7.15. The molecule has 3 aliphatic rings. The zero-order chi connectivity index (χ0) is 27.8. The molecule has 4 heterocycles. The standard InChI is InChI=1S/C33H32ClN3O4/c34-25-9-5-22(6-10-25)20-39-32-18-28(33(38)37-15-3-4-26(37)19-36-13-1-2-14-36)27-16-23(7-11-29(27)35-32)24-8-12-30-31(17-24)41-21-40-30/h5-12,16-18,26H,1-4,13-15,19-21H2/t26-/m0/s1. The van der Waals surface area contributed by atoms with E-state index in [2.05, 4.69) is 15.9 Å². The summed E-state index contributed by atoms with van der Waals surface area (Å²) in [5.74, 6) is 1.94. The molecular formula is C33H32ClN3O4. The number of ether oxygens (including phenoxy) is 3. The molecule has 0 spiro atoms. The molecule has 3 aliphatic heterocycles. The van der Waals surface area contributed by atoms with Crippen LogP contribution in [-0.4, -0.2) is 59.7 Å². The highest BCUT2D eigenvalue weighted by Gasteiger charge is 2.32. The number of fused-ring (bicyclic) bond motifs is 2. The third-order valence-corrected chi connectivity index (χ3v) is 8.58. The molecule has 0 saturated carbocycles. The summed E-state index contributed by atoms with van der Waals surface area (Å²) in [5.41, 5.74) is 4.30. The van der Waals surface area contributed by atoms with E-state index in [9.17, 15) is 4.79 Å². The molecule has 8 heteroatoms. The Morgan fingerprint density at radius 3 is 2.54 bits per heavy atom. The second kappa shape index (κ2) is 11.2. The summed E-state index contributed by atoms with van der Waals surface area (Å²) in [6.45, 7) is 4.52. The maximum Gasteiger partial charge on any atom is 0.255 e. The molecule has 1 aromatic heterocycles. The van der Waals surface area contributed by atoms with Gasteiger partial charge in [-0.05, 0) is 91.9 Å². The van der Waals surface area contributed by atoms with E-state index < -0.39 is 0 Å². The van der Waals surface area contributed by atoms with Gasteiger partial charge in [-0.3, -0.25) is 4.79 Å². The number of halogens is 1. The lowest BCUT2D eigenvalue weighted by Crippen LogP contribution is -2.42. The van der Waals surface area contributed by atoms with E-state index >= 15 is 0 Å². The van der Waals surface area contributed by atoms with Crippen LogP contribution in [0.5, 0.6) is 17.4 Å². The van der Waals surface area contributed by atoms with Crippen molar-refractivity contribution in [1.82, 2.24) is 14.8 Å². The second-order valence-electron chi connectivity index (χ2n) is 11.0. The van der Waals surface area contributed by atoms with E-state index in [4.69, 9.17) is 30.8 Å². The molecule has 2 fully saturated rings. The molecule has 4 aromatic rings. The SMILES string of the molecule is O=C(c1cc(OCc2ccc(Cl)cc2)nc2ccc(-c3ccc4c(c3)OCO4)cc12)N1CCC[C@H]1CN1CCCC1. The Bertz CT molecular complexity index is 1590. The zero-order valence-corrected chi connectivity index (χ0v) is 23.6. The Labute approximate surface area is 244 Å². The van der Waals surface area contributed by atoms with Gasteiger partial charge in [0.1, 0.15) is 6.61 Å². The molecule has 210 valence electrons. The number of pyridine rings is 1. The summed E-state index contributed by atoms with van der Waals surface area (Å²) in [7, 11) is 0. The van der Waals surface area contributed by atoms with Crippen molar-refractivity contribution in [2.24, 2.45) is 0 Å². The van der Waals surface area contributed by atoms with Crippen LogP contribution in [0.1, 0.15) is 41.6 Å². The lowest BCUT2D eigenvalue weighted by Gasteiger charge is -2.29. The van der Waals surface area contributed by atoms with Crippen LogP contribution in [0.2, 0.25) is 5.02 Å². The summed E-state index contributed by atoms with van der Waals surface area (Å²) >= 11 is 6.05. The molecule has 3 aromatic carbocycles. The third kappa shape index (κ3) is 5.44. The van der Waals surface area contributed by atoms with Gasteiger partial charge in [-0.25, -0.2) is 4.98 Å². The summed E-state index contributed by atoms with van der Waals surface area (Å²) in [6.07, 6.45) is 4.54. The minimum atomic E-state index is 0.0401. The van der Waals surface area contributed by atoms with Crippen molar-refractivity contribution in [3.63, 3.8) is 0 Å². The van der Waals surface area contributed by atoms with Gasteiger partial charge in [0.05, 0.1) is 11.1 Å². The molecule has 0 radical (unpaired) electrons. The van der Waals surface area contributed by atoms with E-state index in [1.54, 1.807) is 0 Å². The van der Waals surface area contributed by atoms with Crippen molar-refractivity contribution >= 4 is 28.4 Å². The van der Waals surface area contributed by atoms with E-state index in [1.165, 1.54) is 12.8 Å². The normalized spacial score (nSPS) is 18.4. The van der Waals surface area contributed by atoms with Crippen molar-refractivity contribution in [2.45, 2.75) is 38.3 Å². The Balaban J connectivity index is 1.24. The van der Waals surface area contributed by atoms with Crippen LogP contribution in [0.15, 0.2) is 66.7 Å². The van der Waals surface area contributed by atoms with Gasteiger partial charge in [-0.1, -0.05) is 35.9 Å². The predicted octanol–water partition coefficient (Wildman–Crippen LogP) is 6.56. The predicted molar refractivity (Wildman–Crippen MR) is 159 cm³/mol. The Morgan fingerprint density at radius 2 is 1.68 bits per heavy atom. The van der Waals surface area contributed by atoms with Crippen molar-refractivity contribution < 1.29 is 19.0 Å². The van der Waals surface area contributed by atoms with E-state index in [1.807, 2.05) is 60.7 Å². The highest BCUT2D eigenvalue weighted by molar-refractivity contribution is 6.30. The molecular weight excluding hydrogens is 538 g/mol. The molecule has 0 N–H and O–H groups in total. The van der Waals surface area contributed by atoms with Crippen LogP contribution < -0.4 is 14.2 Å². The summed E-state index contributed by atoms with van der Waals surface area (Å²) < 4.78 is 17.2. The molecule has 1 amide bonds. The molecule has 7 rings (SSSR count). The largest absolute Gasteiger partial charge is 0.473 e. The summed E-state index contributed by atoms with van der Waals surface area (Å²) in [6, 6.07) is 21.5. The van der Waals surface area contributed by atoms with Crippen LogP contribution >= 0.6 is 11.6 Å². The fraction of sp³-hybridized carbons (Fsp3) is 0.333. The molecule has 41 heavy (non-hydrogen) atoms. The van der Waals surface area contributed by atoms with E-state index in [0.29, 0.717) is 23.1 Å². The topological polar surface area (TPSA) is 64.1 Å². The second-order valence-corrected chi connectivity index (χ2v) is 11.5. The number of carbonyl (C=O) groups is 1. The Hall–Kier alpha value is -3.81. The third-order valence-electron chi connectivity index (χ3n) is 8.33. The van der Waals surface area contributed by atoms with Crippen molar-refractivity contribution in [2.75, 3.05) is 33.0 Å². The minimum absolute atomic E-state index is 0.0401. The van der Waals surface area contributed by atoms with Gasteiger partial charge in [0.2, 0.25) is 12.7 Å². The van der Waals surface area contributed by atoms with Crippen LogP contribution in [0, 0.1) is 0 Å². The van der Waals surface area contributed by atoms with Crippen molar-refractivity contribution in [3.05, 3.63) is 82.9 Å². The molecule has 2 saturated heterocycles. The highest BCUT2D eigenvalue weighted by Crippen LogP contribution is 2.37. The van der Waals surface area contributed by atoms with Crippen molar-refractivity contribution in [3.8, 4) is 28.5 Å². The van der Waals surface area contributed by atoms with Gasteiger partial charge in [0.25, 0.3) is 5.91 Å². The number of aromatic nitrogens is 1. The number of hydrogen-bond acceptors (Lipinski definition) is 6. The summed E-state index contributed by atoms with van der Waals surface area (Å²) in [4.78, 5) is 23.7. The lowest BCUT2D eigenvalue weighted by atomic mass is 9.99. The van der Waals surface area contributed by atoms with Gasteiger partial charge < -0.3 is 24.0 Å². The quantitative estimate of drug-likeness (QED) is 0.251. The monoisotopic (exact) mass is 569 g/mol. The lowest BCUT2D eigenvalue weighted by molar-refractivity contribution is 0.0710. The number of amides is 1. The number of hydrogen-bond donors (Lipinski definition) is 0. The first kappa shape index (κ1) is 26.1. The minimum Gasteiger partial charge on any atom is -0.473 e. The number of likely N-dealkylation sites (tertiary alicyclic amines) is 2. The van der Waals surface area contributed by atoms with Crippen LogP contribution in [0.4, 0.5) is 0 Å². The van der Waals surface area contributed by atoms with Crippen LogP contribution in [0.3, 0.4) is 0 Å². The first-order valence-electron chi connectivity index (χ1n) is 14.4. The van der Waals surface area contributed by atoms with E-state index in [0.717, 1.165) is 78.1 Å².